The molecule has 0 aliphatic rings. The van der Waals surface area contributed by atoms with Gasteiger partial charge in [0.15, 0.2) is 0 Å². The summed E-state index contributed by atoms with van der Waals surface area (Å²) < 4.78 is 19.3. The quantitative estimate of drug-likeness (QED) is 0.856. The van der Waals surface area contributed by atoms with Crippen LogP contribution < -0.4 is 10.1 Å². The molecule has 5 heteroatoms. The number of nitrogens with one attached hydrogen (secondary N) is 1. The van der Waals surface area contributed by atoms with Gasteiger partial charge in [0.05, 0.1) is 25.0 Å². The van der Waals surface area contributed by atoms with E-state index >= 15 is 0 Å². The first-order chi connectivity index (χ1) is 10.1. The predicted octanol–water partition coefficient (Wildman–Crippen LogP) is 3.89. The van der Waals surface area contributed by atoms with Crippen LogP contribution in [0, 0.1) is 5.82 Å². The molecule has 0 aliphatic carbocycles. The van der Waals surface area contributed by atoms with Crippen LogP contribution in [0.5, 0.6) is 5.75 Å². The van der Waals surface area contributed by atoms with Crippen LogP contribution in [0.25, 0.3) is 0 Å². The number of methoxy groups -OCH3 is 1. The number of halogens is 2. The molecule has 0 amide bonds. The Morgan fingerprint density at radius 2 is 2.14 bits per heavy atom. The molecule has 1 aromatic carbocycles. The van der Waals surface area contributed by atoms with Crippen LogP contribution in [0.4, 0.5) is 4.39 Å². The van der Waals surface area contributed by atoms with E-state index in [1.807, 2.05) is 25.1 Å². The highest BCUT2D eigenvalue weighted by molar-refractivity contribution is 9.10. The van der Waals surface area contributed by atoms with Gasteiger partial charge in [0.25, 0.3) is 0 Å². The van der Waals surface area contributed by atoms with Crippen molar-refractivity contribution in [2.24, 2.45) is 0 Å². The zero-order chi connectivity index (χ0) is 15.2. The van der Waals surface area contributed by atoms with Crippen LogP contribution in [-0.4, -0.2) is 18.6 Å². The second-order valence-electron chi connectivity index (χ2n) is 4.67. The van der Waals surface area contributed by atoms with E-state index in [0.29, 0.717) is 0 Å². The number of hydrogen-bond acceptors (Lipinski definition) is 3. The Labute approximate surface area is 132 Å². The van der Waals surface area contributed by atoms with Gasteiger partial charge in [-0.25, -0.2) is 4.39 Å². The van der Waals surface area contributed by atoms with E-state index in [-0.39, 0.29) is 11.9 Å². The molecule has 0 spiro atoms. The van der Waals surface area contributed by atoms with Gasteiger partial charge >= 0.3 is 0 Å². The Hall–Kier alpha value is -1.46. The maximum absolute atomic E-state index is 13.0. The molecule has 1 unspecified atom stereocenters. The van der Waals surface area contributed by atoms with Gasteiger partial charge in [0, 0.05) is 4.47 Å². The van der Waals surface area contributed by atoms with E-state index in [2.05, 4.69) is 26.2 Å². The molecule has 0 saturated heterocycles. The molecule has 1 aromatic heterocycles. The van der Waals surface area contributed by atoms with Gasteiger partial charge in [0.2, 0.25) is 0 Å². The largest absolute Gasteiger partial charge is 0.497 e. The fraction of sp³-hybridized carbons (Fsp3) is 0.312. The van der Waals surface area contributed by atoms with Crippen LogP contribution >= 0.6 is 15.9 Å². The number of likely N-dealkylation sites (N-methyl/N-ethyl adjacent to an activating group) is 1. The van der Waals surface area contributed by atoms with Crippen LogP contribution in [0.3, 0.4) is 0 Å². The predicted molar refractivity (Wildman–Crippen MR) is 85.0 cm³/mol. The van der Waals surface area contributed by atoms with Gasteiger partial charge in [-0.2, -0.15) is 0 Å². The Morgan fingerprint density at radius 3 is 2.76 bits per heavy atom. The lowest BCUT2D eigenvalue weighted by Crippen LogP contribution is -2.24. The minimum Gasteiger partial charge on any atom is -0.497 e. The summed E-state index contributed by atoms with van der Waals surface area (Å²) in [7, 11) is 1.65. The topological polar surface area (TPSA) is 34.1 Å². The van der Waals surface area contributed by atoms with Gasteiger partial charge in [0.1, 0.15) is 11.6 Å². The molecule has 2 aromatic rings. The van der Waals surface area contributed by atoms with Gasteiger partial charge in [-0.1, -0.05) is 22.9 Å². The number of nitrogens with zero attached hydrogens (tertiary/aromatic N) is 1. The number of hydrogen-bond donors (Lipinski definition) is 1. The normalized spacial score (nSPS) is 12.2. The first kappa shape index (κ1) is 15.9. The number of pyridine rings is 1. The molecular weight excluding hydrogens is 335 g/mol. The fourth-order valence-electron chi connectivity index (χ4n) is 2.18. The van der Waals surface area contributed by atoms with Crippen molar-refractivity contribution in [1.29, 1.82) is 0 Å². The molecule has 0 saturated carbocycles. The molecule has 1 atom stereocenters. The Kier molecular flexibility index (Phi) is 5.70. The van der Waals surface area contributed by atoms with E-state index in [4.69, 9.17) is 4.74 Å². The molecule has 0 bridgehead atoms. The van der Waals surface area contributed by atoms with Crippen molar-refractivity contribution in [3.63, 3.8) is 0 Å². The summed E-state index contributed by atoms with van der Waals surface area (Å²) >= 11 is 3.56. The monoisotopic (exact) mass is 352 g/mol. The second-order valence-corrected chi connectivity index (χ2v) is 5.53. The Morgan fingerprint density at radius 1 is 1.33 bits per heavy atom. The number of aromatic nitrogens is 1. The minimum atomic E-state index is -0.323. The summed E-state index contributed by atoms with van der Waals surface area (Å²) in [6, 6.07) is 9.06. The van der Waals surface area contributed by atoms with Crippen LogP contribution in [-0.2, 0) is 6.42 Å². The molecular formula is C16H18BrFN2O. The zero-order valence-corrected chi connectivity index (χ0v) is 13.7. The van der Waals surface area contributed by atoms with Crippen LogP contribution in [0.1, 0.15) is 24.2 Å². The molecule has 3 nitrogen and oxygen atoms in total. The maximum atomic E-state index is 13.0. The average molecular weight is 353 g/mol. The zero-order valence-electron chi connectivity index (χ0n) is 12.1. The van der Waals surface area contributed by atoms with E-state index < -0.39 is 0 Å². The molecule has 0 radical (unpaired) electrons. The molecule has 21 heavy (non-hydrogen) atoms. The number of benzene rings is 1. The maximum Gasteiger partial charge on any atom is 0.141 e. The first-order valence-electron chi connectivity index (χ1n) is 6.81. The first-order valence-corrected chi connectivity index (χ1v) is 7.60. The second kappa shape index (κ2) is 7.52. The van der Waals surface area contributed by atoms with Crippen molar-refractivity contribution >= 4 is 15.9 Å². The van der Waals surface area contributed by atoms with Crippen molar-refractivity contribution in [2.75, 3.05) is 13.7 Å². The van der Waals surface area contributed by atoms with Crippen LogP contribution in [0.15, 0.2) is 41.0 Å². The summed E-state index contributed by atoms with van der Waals surface area (Å²) in [5, 5.41) is 3.38. The van der Waals surface area contributed by atoms with Crippen molar-refractivity contribution in [2.45, 2.75) is 19.4 Å². The van der Waals surface area contributed by atoms with E-state index in [0.717, 1.165) is 34.4 Å². The third-order valence-electron chi connectivity index (χ3n) is 3.23. The standard InChI is InChI=1S/C16H18BrFN2O/c1-3-19-16(15-7-4-12(18)10-20-15)9-11-8-13(21-2)5-6-14(11)17/h4-8,10,16,19H,3,9H2,1-2H3. The molecule has 2 rings (SSSR count). The summed E-state index contributed by atoms with van der Waals surface area (Å²) in [6.45, 7) is 2.85. The summed E-state index contributed by atoms with van der Waals surface area (Å²) in [5.41, 5.74) is 1.94. The highest BCUT2D eigenvalue weighted by atomic mass is 79.9. The number of ether oxygens (including phenoxy) is 1. The Balaban J connectivity index is 2.25. The minimum absolute atomic E-state index is 0.0269. The van der Waals surface area contributed by atoms with Gasteiger partial charge < -0.3 is 10.1 Å². The SMILES string of the molecule is CCNC(Cc1cc(OC)ccc1Br)c1ccc(F)cn1. The highest BCUT2D eigenvalue weighted by Crippen LogP contribution is 2.27. The van der Waals surface area contributed by atoms with Crippen molar-refractivity contribution in [3.05, 3.63) is 58.1 Å². The van der Waals surface area contributed by atoms with E-state index in [9.17, 15) is 4.39 Å². The summed E-state index contributed by atoms with van der Waals surface area (Å²) in [4.78, 5) is 4.18. The van der Waals surface area contributed by atoms with Crippen LogP contribution in [0.2, 0.25) is 0 Å². The van der Waals surface area contributed by atoms with Gasteiger partial charge in [-0.3, -0.25) is 4.98 Å². The molecule has 1 N–H and O–H groups in total. The molecule has 112 valence electrons. The van der Waals surface area contributed by atoms with Gasteiger partial charge in [-0.05, 0) is 48.9 Å². The summed E-state index contributed by atoms with van der Waals surface area (Å²) in [5.74, 6) is 0.493. The van der Waals surface area contributed by atoms with E-state index in [1.54, 1.807) is 13.2 Å². The van der Waals surface area contributed by atoms with Crippen molar-refractivity contribution in [1.82, 2.24) is 10.3 Å². The van der Waals surface area contributed by atoms with E-state index in [1.165, 1.54) is 12.3 Å². The third-order valence-corrected chi connectivity index (χ3v) is 4.01. The fourth-order valence-corrected chi connectivity index (χ4v) is 2.58. The average Bonchev–Trinajstić information content (AvgIpc) is 2.49. The lowest BCUT2D eigenvalue weighted by atomic mass is 10.0. The highest BCUT2D eigenvalue weighted by Gasteiger charge is 2.15. The number of rotatable bonds is 6. The molecule has 0 fully saturated rings. The Bertz CT molecular complexity index is 589. The van der Waals surface area contributed by atoms with Gasteiger partial charge in [-0.15, -0.1) is 0 Å². The van der Waals surface area contributed by atoms with Crippen molar-refractivity contribution < 1.29 is 9.13 Å². The summed E-state index contributed by atoms with van der Waals surface area (Å²) in [6.07, 6.45) is 1.99. The smallest absolute Gasteiger partial charge is 0.141 e. The lowest BCUT2D eigenvalue weighted by Gasteiger charge is -2.18. The lowest BCUT2D eigenvalue weighted by molar-refractivity contribution is 0.413. The third kappa shape index (κ3) is 4.25. The molecule has 0 aliphatic heterocycles. The molecule has 1 heterocycles. The van der Waals surface area contributed by atoms with Crippen molar-refractivity contribution in [3.8, 4) is 5.75 Å².